The molecule has 0 heterocycles. The van der Waals surface area contributed by atoms with E-state index in [-0.39, 0.29) is 17.1 Å². The average Bonchev–Trinajstić information content (AvgIpc) is 2.49. The van der Waals surface area contributed by atoms with Crippen LogP contribution in [0.3, 0.4) is 0 Å². The topological polar surface area (TPSA) is 103 Å². The maximum atomic E-state index is 12.0. The first-order valence-electron chi connectivity index (χ1n) is 7.15. The summed E-state index contributed by atoms with van der Waals surface area (Å²) in [5, 5.41) is 11.8. The van der Waals surface area contributed by atoms with Crippen molar-refractivity contribution in [1.82, 2.24) is 5.32 Å². The summed E-state index contributed by atoms with van der Waals surface area (Å²) >= 11 is 0. The zero-order valence-electron chi connectivity index (χ0n) is 14.6. The first kappa shape index (κ1) is 19.4. The van der Waals surface area contributed by atoms with E-state index in [0.29, 0.717) is 5.75 Å². The van der Waals surface area contributed by atoms with Crippen LogP contribution in [0.15, 0.2) is 12.1 Å². The fourth-order valence-corrected chi connectivity index (χ4v) is 2.00. The number of rotatable bonds is 6. The van der Waals surface area contributed by atoms with Crippen molar-refractivity contribution >= 4 is 12.1 Å². The van der Waals surface area contributed by atoms with E-state index in [4.69, 9.17) is 18.9 Å². The van der Waals surface area contributed by atoms with E-state index >= 15 is 0 Å². The van der Waals surface area contributed by atoms with Crippen LogP contribution >= 0.6 is 0 Å². The minimum atomic E-state index is -1.42. The van der Waals surface area contributed by atoms with Gasteiger partial charge in [0, 0.05) is 12.1 Å². The van der Waals surface area contributed by atoms with Crippen molar-refractivity contribution < 1.29 is 33.6 Å². The van der Waals surface area contributed by atoms with Gasteiger partial charge in [-0.3, -0.25) is 0 Å². The second-order valence-electron chi connectivity index (χ2n) is 5.86. The van der Waals surface area contributed by atoms with Gasteiger partial charge in [0.1, 0.15) is 22.8 Å². The van der Waals surface area contributed by atoms with Crippen molar-refractivity contribution in [2.45, 2.75) is 32.4 Å². The molecule has 0 aliphatic carbocycles. The summed E-state index contributed by atoms with van der Waals surface area (Å²) < 4.78 is 20.7. The van der Waals surface area contributed by atoms with Gasteiger partial charge in [0.25, 0.3) is 0 Å². The van der Waals surface area contributed by atoms with Crippen LogP contribution in [0.25, 0.3) is 0 Å². The molecule has 0 bridgehead atoms. The molecule has 0 saturated heterocycles. The molecule has 1 rings (SSSR count). The van der Waals surface area contributed by atoms with Crippen LogP contribution in [-0.2, 0) is 9.53 Å². The molecule has 0 aliphatic heterocycles. The predicted octanol–water partition coefficient (Wildman–Crippen LogP) is 2.36. The molecule has 2 N–H and O–H groups in total. The van der Waals surface area contributed by atoms with Crippen LogP contribution in [0, 0.1) is 0 Å². The summed E-state index contributed by atoms with van der Waals surface area (Å²) in [5.41, 5.74) is -0.611. The van der Waals surface area contributed by atoms with Crippen LogP contribution in [0.1, 0.15) is 32.4 Å². The van der Waals surface area contributed by atoms with Gasteiger partial charge in [0.15, 0.2) is 6.04 Å². The number of methoxy groups -OCH3 is 3. The Labute approximate surface area is 140 Å². The third kappa shape index (κ3) is 4.94. The molecule has 1 aromatic carbocycles. The molecule has 1 unspecified atom stereocenters. The zero-order valence-corrected chi connectivity index (χ0v) is 14.6. The highest BCUT2D eigenvalue weighted by atomic mass is 16.6. The quantitative estimate of drug-likeness (QED) is 0.818. The molecule has 0 aliphatic rings. The maximum Gasteiger partial charge on any atom is 0.408 e. The fourth-order valence-electron chi connectivity index (χ4n) is 2.00. The monoisotopic (exact) mass is 341 g/mol. The number of hydrogen-bond acceptors (Lipinski definition) is 6. The van der Waals surface area contributed by atoms with Crippen LogP contribution in [0.5, 0.6) is 17.2 Å². The number of carboxylic acid groups (broad SMARTS) is 1. The lowest BCUT2D eigenvalue weighted by molar-refractivity contribution is -0.139. The summed E-state index contributed by atoms with van der Waals surface area (Å²) in [6.07, 6.45) is -0.866. The summed E-state index contributed by atoms with van der Waals surface area (Å²) in [6.45, 7) is 5.03. The lowest BCUT2D eigenvalue weighted by Gasteiger charge is -2.24. The Bertz CT molecular complexity index is 582. The Morgan fingerprint density at radius 2 is 1.54 bits per heavy atom. The van der Waals surface area contributed by atoms with Crippen molar-refractivity contribution in [3.8, 4) is 17.2 Å². The molecule has 0 aromatic heterocycles. The summed E-state index contributed by atoms with van der Waals surface area (Å²) in [7, 11) is 4.22. The standard InChI is InChI=1S/C16H23NO7/c1-16(2,3)24-15(20)17-13(14(18)19)12-10(22-5)7-9(21-4)8-11(12)23-6/h7-8,13H,1-6H3,(H,17,20)(H,18,19). The highest BCUT2D eigenvalue weighted by Gasteiger charge is 2.31. The second-order valence-corrected chi connectivity index (χ2v) is 5.86. The van der Waals surface area contributed by atoms with Gasteiger partial charge >= 0.3 is 12.1 Å². The average molecular weight is 341 g/mol. The van der Waals surface area contributed by atoms with Gasteiger partial charge in [-0.1, -0.05) is 0 Å². The number of benzene rings is 1. The Morgan fingerprint density at radius 3 is 1.88 bits per heavy atom. The summed E-state index contributed by atoms with van der Waals surface area (Å²) in [6, 6.07) is 1.59. The van der Waals surface area contributed by atoms with Crippen LogP contribution in [0.2, 0.25) is 0 Å². The number of carboxylic acids is 1. The minimum Gasteiger partial charge on any atom is -0.496 e. The molecule has 1 aromatic rings. The van der Waals surface area contributed by atoms with Crippen LogP contribution < -0.4 is 19.5 Å². The van der Waals surface area contributed by atoms with E-state index in [1.165, 1.54) is 33.5 Å². The Morgan fingerprint density at radius 1 is 1.04 bits per heavy atom. The summed E-state index contributed by atoms with van der Waals surface area (Å²) in [5.74, 6) is -0.458. The van der Waals surface area contributed by atoms with Gasteiger partial charge in [-0.15, -0.1) is 0 Å². The van der Waals surface area contributed by atoms with Crippen molar-refractivity contribution in [3.63, 3.8) is 0 Å². The SMILES string of the molecule is COc1cc(OC)c(C(NC(=O)OC(C)(C)C)C(=O)O)c(OC)c1. The molecule has 8 nitrogen and oxygen atoms in total. The van der Waals surface area contributed by atoms with E-state index in [0.717, 1.165) is 0 Å². The normalized spacial score (nSPS) is 12.1. The molecular formula is C16H23NO7. The van der Waals surface area contributed by atoms with E-state index in [9.17, 15) is 14.7 Å². The predicted molar refractivity (Wildman–Crippen MR) is 85.8 cm³/mol. The molecule has 0 radical (unpaired) electrons. The maximum absolute atomic E-state index is 12.0. The molecule has 0 saturated carbocycles. The third-order valence-corrected chi connectivity index (χ3v) is 2.95. The number of amides is 1. The van der Waals surface area contributed by atoms with E-state index in [1.807, 2.05) is 0 Å². The smallest absolute Gasteiger partial charge is 0.408 e. The van der Waals surface area contributed by atoms with Gasteiger partial charge in [-0.2, -0.15) is 0 Å². The molecule has 1 amide bonds. The highest BCUT2D eigenvalue weighted by molar-refractivity contribution is 5.83. The van der Waals surface area contributed by atoms with Gasteiger partial charge in [-0.05, 0) is 20.8 Å². The lowest BCUT2D eigenvalue weighted by Crippen LogP contribution is -2.38. The summed E-state index contributed by atoms with van der Waals surface area (Å²) in [4.78, 5) is 23.6. The Hall–Kier alpha value is -2.64. The molecule has 0 fully saturated rings. The molecule has 134 valence electrons. The van der Waals surface area contributed by atoms with Crippen molar-refractivity contribution in [3.05, 3.63) is 17.7 Å². The van der Waals surface area contributed by atoms with Crippen LogP contribution in [-0.4, -0.2) is 44.1 Å². The second kappa shape index (κ2) is 7.76. The number of alkyl carbamates (subject to hydrolysis) is 1. The largest absolute Gasteiger partial charge is 0.496 e. The van der Waals surface area contributed by atoms with E-state index in [2.05, 4.69) is 5.32 Å². The number of aliphatic carboxylic acids is 1. The molecule has 0 spiro atoms. The number of hydrogen-bond donors (Lipinski definition) is 2. The number of carbonyl (C=O) groups excluding carboxylic acids is 1. The number of carbonyl (C=O) groups is 2. The third-order valence-electron chi connectivity index (χ3n) is 2.95. The molecule has 8 heteroatoms. The van der Waals surface area contributed by atoms with E-state index in [1.54, 1.807) is 20.8 Å². The van der Waals surface area contributed by atoms with E-state index < -0.39 is 23.7 Å². The van der Waals surface area contributed by atoms with Crippen molar-refractivity contribution in [2.75, 3.05) is 21.3 Å². The van der Waals surface area contributed by atoms with Gasteiger partial charge in [0.2, 0.25) is 0 Å². The molecule has 1 atom stereocenters. The molecule has 24 heavy (non-hydrogen) atoms. The number of ether oxygens (including phenoxy) is 4. The first-order valence-corrected chi connectivity index (χ1v) is 7.15. The Balaban J connectivity index is 3.30. The Kier molecular flexibility index (Phi) is 6.27. The van der Waals surface area contributed by atoms with Crippen LogP contribution in [0.4, 0.5) is 4.79 Å². The lowest BCUT2D eigenvalue weighted by atomic mass is 10.0. The number of nitrogens with one attached hydrogen (secondary N) is 1. The van der Waals surface area contributed by atoms with Gasteiger partial charge in [0.05, 0.1) is 26.9 Å². The fraction of sp³-hybridized carbons (Fsp3) is 0.500. The first-order chi connectivity index (χ1) is 11.1. The van der Waals surface area contributed by atoms with Crippen molar-refractivity contribution in [2.24, 2.45) is 0 Å². The minimum absolute atomic E-state index is 0.152. The molecular weight excluding hydrogens is 318 g/mol. The van der Waals surface area contributed by atoms with Gasteiger partial charge in [-0.25, -0.2) is 9.59 Å². The van der Waals surface area contributed by atoms with Gasteiger partial charge < -0.3 is 29.4 Å². The highest BCUT2D eigenvalue weighted by Crippen LogP contribution is 2.38. The van der Waals surface area contributed by atoms with Crippen molar-refractivity contribution in [1.29, 1.82) is 0 Å². The zero-order chi connectivity index (χ0) is 18.5.